The molecule has 1 unspecified atom stereocenters. The van der Waals surface area contributed by atoms with Crippen LogP contribution in [0, 0.1) is 0 Å². The minimum absolute atomic E-state index is 0.753. The molecule has 0 amide bonds. The third-order valence-corrected chi connectivity index (χ3v) is 15.8. The third kappa shape index (κ3) is 2.33. The van der Waals surface area contributed by atoms with Crippen molar-refractivity contribution < 1.29 is 0 Å². The van der Waals surface area contributed by atoms with E-state index in [1.807, 2.05) is 8.84 Å². The molecule has 3 heteroatoms. The number of thiazole rings is 1. The van der Waals surface area contributed by atoms with Gasteiger partial charge in [-0.2, -0.15) is 0 Å². The first-order chi connectivity index (χ1) is 11.4. The van der Waals surface area contributed by atoms with Crippen LogP contribution in [0.1, 0.15) is 26.9 Å². The molecule has 0 spiro atoms. The van der Waals surface area contributed by atoms with Gasteiger partial charge in [-0.1, -0.05) is 0 Å². The van der Waals surface area contributed by atoms with Crippen molar-refractivity contribution in [2.24, 2.45) is 0 Å². The standard InChI is InChI=1S/C20H16NS.In/c1-3-7-17(8-4-1)11-12-19(18-9-5-2-6-10-18)13-14-20-15-22-16-21-20;/h1-9,14-16H,11-12H2;. The van der Waals surface area contributed by atoms with E-state index in [9.17, 15) is 0 Å². The summed E-state index contributed by atoms with van der Waals surface area (Å²) >= 11 is 0.00111. The molecule has 1 atom stereocenters. The van der Waals surface area contributed by atoms with Gasteiger partial charge >= 0.3 is 149 Å². The van der Waals surface area contributed by atoms with Crippen LogP contribution in [0.2, 0.25) is 0 Å². The molecule has 0 aliphatic carbocycles. The number of aromatic nitrogens is 1. The van der Waals surface area contributed by atoms with E-state index in [2.05, 4.69) is 65.0 Å². The molecule has 2 aliphatic heterocycles. The molecule has 23 heavy (non-hydrogen) atoms. The summed E-state index contributed by atoms with van der Waals surface area (Å²) in [5.41, 5.74) is 8.04. The predicted octanol–water partition coefficient (Wildman–Crippen LogP) is 4.12. The van der Waals surface area contributed by atoms with Crippen molar-refractivity contribution in [2.75, 3.05) is 0 Å². The quantitative estimate of drug-likeness (QED) is 0.623. The molecule has 1 nitrogen and oxygen atoms in total. The van der Waals surface area contributed by atoms with Crippen molar-refractivity contribution in [3.8, 4) is 0 Å². The van der Waals surface area contributed by atoms with Gasteiger partial charge in [0.25, 0.3) is 0 Å². The van der Waals surface area contributed by atoms with E-state index in [1.54, 1.807) is 25.8 Å². The number of allylic oxidation sites excluding steroid dienone is 2. The molecule has 0 radical (unpaired) electrons. The van der Waals surface area contributed by atoms with E-state index in [1.165, 1.54) is 17.7 Å². The van der Waals surface area contributed by atoms with Crippen LogP contribution in [0.25, 0.3) is 5.57 Å². The van der Waals surface area contributed by atoms with E-state index in [0.717, 1.165) is 10.1 Å². The molecule has 5 rings (SSSR count). The topological polar surface area (TPSA) is 12.9 Å². The Morgan fingerprint density at radius 3 is 2.61 bits per heavy atom. The second-order valence-electron chi connectivity index (χ2n) is 6.38. The summed E-state index contributed by atoms with van der Waals surface area (Å²) < 4.78 is 4.32. The zero-order valence-corrected chi connectivity index (χ0v) is 16.9. The van der Waals surface area contributed by atoms with E-state index in [0.29, 0.717) is 0 Å². The number of hydrogen-bond donors (Lipinski definition) is 0. The molecule has 1 fully saturated rings. The van der Waals surface area contributed by atoms with E-state index in [-0.39, 0.29) is 0 Å². The fourth-order valence-corrected chi connectivity index (χ4v) is 17.5. The molecule has 0 bridgehead atoms. The Morgan fingerprint density at radius 1 is 0.957 bits per heavy atom. The van der Waals surface area contributed by atoms with E-state index >= 15 is 0 Å². The molecular formula is C20H16InNS. The molecule has 0 N–H and O–H groups in total. The first-order valence-electron chi connectivity index (χ1n) is 8.18. The zero-order valence-electron chi connectivity index (χ0n) is 12.8. The van der Waals surface area contributed by atoms with Crippen molar-refractivity contribution in [1.82, 2.24) is 4.98 Å². The summed E-state index contributed by atoms with van der Waals surface area (Å²) in [6, 6.07) is 20.1. The SMILES string of the molecule is c1ccc(CCC2=[C]3[CH](c4cscn4)[In]3[c]3ccccc32)cc1. The third-order valence-electron chi connectivity index (χ3n) is 5.14. The minimum atomic E-state index is -1.74. The van der Waals surface area contributed by atoms with E-state index in [4.69, 9.17) is 0 Å². The molecule has 2 aromatic carbocycles. The second kappa shape index (κ2) is 5.64. The van der Waals surface area contributed by atoms with Gasteiger partial charge in [-0.3, -0.25) is 0 Å². The summed E-state index contributed by atoms with van der Waals surface area (Å²) in [5.74, 6) is 0. The van der Waals surface area contributed by atoms with Crippen LogP contribution in [0.5, 0.6) is 0 Å². The van der Waals surface area contributed by atoms with Gasteiger partial charge in [0.2, 0.25) is 0 Å². The van der Waals surface area contributed by atoms with Crippen LogP contribution >= 0.6 is 11.3 Å². The number of hydrogen-bond acceptors (Lipinski definition) is 2. The summed E-state index contributed by atoms with van der Waals surface area (Å²) in [6.45, 7) is 0. The van der Waals surface area contributed by atoms with Crippen molar-refractivity contribution in [1.29, 1.82) is 0 Å². The summed E-state index contributed by atoms with van der Waals surface area (Å²) in [4.78, 5) is 4.62. The fourth-order valence-electron chi connectivity index (χ4n) is 4.08. The van der Waals surface area contributed by atoms with Crippen molar-refractivity contribution in [3.63, 3.8) is 0 Å². The molecule has 110 valence electrons. The maximum absolute atomic E-state index is 4.62. The van der Waals surface area contributed by atoms with Gasteiger partial charge in [0.05, 0.1) is 0 Å². The van der Waals surface area contributed by atoms with Crippen molar-refractivity contribution in [2.45, 2.75) is 16.5 Å². The van der Waals surface area contributed by atoms with Crippen LogP contribution in [-0.2, 0) is 6.42 Å². The number of rotatable bonds is 4. The number of benzene rings is 2. The molecule has 2 aliphatic rings. The predicted molar refractivity (Wildman–Crippen MR) is 98.4 cm³/mol. The van der Waals surface area contributed by atoms with Crippen LogP contribution in [0.3, 0.4) is 0 Å². The zero-order chi connectivity index (χ0) is 15.2. The maximum atomic E-state index is 4.62. The average molecular weight is 417 g/mol. The van der Waals surface area contributed by atoms with Gasteiger partial charge < -0.3 is 0 Å². The Bertz CT molecular complexity index is 883. The number of aryl methyl sites for hydroxylation is 1. The Hall–Kier alpha value is -1.32. The van der Waals surface area contributed by atoms with Gasteiger partial charge in [-0.05, 0) is 0 Å². The van der Waals surface area contributed by atoms with Gasteiger partial charge in [0.1, 0.15) is 0 Å². The number of fused-ring (bicyclic) bond motifs is 3. The molecule has 3 aromatic rings. The Labute approximate surface area is 148 Å². The molecule has 0 saturated carbocycles. The molecule has 1 saturated heterocycles. The van der Waals surface area contributed by atoms with Gasteiger partial charge in [-0.25, -0.2) is 0 Å². The number of nitrogens with zero attached hydrogens (tertiary/aromatic N) is 1. The molecular weight excluding hydrogens is 401 g/mol. The average Bonchev–Trinajstić information content (AvgIpc) is 2.97. The van der Waals surface area contributed by atoms with Crippen molar-refractivity contribution in [3.05, 3.63) is 85.6 Å². The fraction of sp³-hybridized carbons (Fsp3) is 0.150. The van der Waals surface area contributed by atoms with Crippen molar-refractivity contribution >= 4 is 41.7 Å². The van der Waals surface area contributed by atoms with Crippen LogP contribution < -0.4 is 3.32 Å². The Balaban J connectivity index is 1.50. The van der Waals surface area contributed by atoms with Gasteiger partial charge in [-0.15, -0.1) is 0 Å². The monoisotopic (exact) mass is 417 g/mol. The van der Waals surface area contributed by atoms with Gasteiger partial charge in [0.15, 0.2) is 0 Å². The molecule has 3 heterocycles. The first-order valence-corrected chi connectivity index (χ1v) is 14.3. The summed E-state index contributed by atoms with van der Waals surface area (Å²) in [7, 11) is 0. The van der Waals surface area contributed by atoms with Crippen LogP contribution in [0.4, 0.5) is 0 Å². The second-order valence-corrected chi connectivity index (χ2v) is 15.3. The Kier molecular flexibility index (Phi) is 3.45. The van der Waals surface area contributed by atoms with E-state index < -0.39 is 21.4 Å². The van der Waals surface area contributed by atoms with Crippen LogP contribution in [0.15, 0.2) is 68.8 Å². The van der Waals surface area contributed by atoms with Gasteiger partial charge in [0, 0.05) is 0 Å². The summed E-state index contributed by atoms with van der Waals surface area (Å²) in [5, 5.41) is 2.27. The Morgan fingerprint density at radius 2 is 1.78 bits per heavy atom. The first kappa shape index (κ1) is 14.1. The van der Waals surface area contributed by atoms with Crippen LogP contribution in [-0.4, -0.2) is 26.4 Å². The molecule has 1 aromatic heterocycles. The normalized spacial score (nSPS) is 18.1. The summed E-state index contributed by atoms with van der Waals surface area (Å²) in [6.07, 6.45) is 2.33.